The summed E-state index contributed by atoms with van der Waals surface area (Å²) >= 11 is 0. The Kier molecular flexibility index (Phi) is 5.54. The van der Waals surface area contributed by atoms with Crippen LogP contribution >= 0.6 is 0 Å². The molecular weight excluding hydrogens is 366 g/mol. The van der Waals surface area contributed by atoms with Crippen molar-refractivity contribution < 1.29 is 23.7 Å². The number of aromatic nitrogens is 1. The molecule has 9 nitrogen and oxygen atoms in total. The second kappa shape index (κ2) is 8.21. The molecule has 28 heavy (non-hydrogen) atoms. The van der Waals surface area contributed by atoms with Gasteiger partial charge in [-0.3, -0.25) is 14.9 Å². The van der Waals surface area contributed by atoms with Crippen LogP contribution in [0, 0.1) is 17.0 Å². The van der Waals surface area contributed by atoms with Gasteiger partial charge in [0.05, 0.1) is 23.7 Å². The second-order valence-electron chi connectivity index (χ2n) is 5.76. The molecule has 144 valence electrons. The van der Waals surface area contributed by atoms with E-state index in [4.69, 9.17) is 14.0 Å². The summed E-state index contributed by atoms with van der Waals surface area (Å²) in [6.45, 7) is 1.72. The Morgan fingerprint density at radius 2 is 1.96 bits per heavy atom. The summed E-state index contributed by atoms with van der Waals surface area (Å²) in [5.41, 5.74) is 0.178. The van der Waals surface area contributed by atoms with Crippen LogP contribution in [0.25, 0.3) is 0 Å². The molecule has 2 aromatic carbocycles. The van der Waals surface area contributed by atoms with E-state index >= 15 is 0 Å². The van der Waals surface area contributed by atoms with E-state index in [1.807, 2.05) is 18.2 Å². The van der Waals surface area contributed by atoms with Gasteiger partial charge in [-0.25, -0.2) is 0 Å². The van der Waals surface area contributed by atoms with Crippen LogP contribution in [0.4, 0.5) is 11.4 Å². The molecule has 1 amide bonds. The van der Waals surface area contributed by atoms with Crippen LogP contribution in [-0.2, 0) is 6.61 Å². The summed E-state index contributed by atoms with van der Waals surface area (Å²) in [6, 6.07) is 13.2. The molecule has 1 aromatic heterocycles. The molecule has 0 atom stereocenters. The predicted molar refractivity (Wildman–Crippen MR) is 99.6 cm³/mol. The molecule has 1 N–H and O–H groups in total. The first-order chi connectivity index (χ1) is 13.5. The molecule has 9 heteroatoms. The Hall–Kier alpha value is -3.88. The minimum atomic E-state index is -0.642. The average molecular weight is 383 g/mol. The van der Waals surface area contributed by atoms with Crippen LogP contribution in [0.5, 0.6) is 11.5 Å². The lowest BCUT2D eigenvalue weighted by molar-refractivity contribution is -0.384. The summed E-state index contributed by atoms with van der Waals surface area (Å²) in [5.74, 6) is 0.710. The van der Waals surface area contributed by atoms with Gasteiger partial charge in [-0.15, -0.1) is 0 Å². The number of anilines is 1. The maximum absolute atomic E-state index is 12.6. The molecule has 0 saturated heterocycles. The maximum atomic E-state index is 12.6. The minimum Gasteiger partial charge on any atom is -0.496 e. The van der Waals surface area contributed by atoms with Gasteiger partial charge in [0.25, 0.3) is 11.6 Å². The summed E-state index contributed by atoms with van der Waals surface area (Å²) < 4.78 is 15.8. The highest BCUT2D eigenvalue weighted by Gasteiger charge is 2.24. The van der Waals surface area contributed by atoms with Crippen LogP contribution < -0.4 is 14.8 Å². The molecule has 3 rings (SSSR count). The van der Waals surface area contributed by atoms with Gasteiger partial charge in [0, 0.05) is 0 Å². The topological polar surface area (TPSA) is 117 Å². The molecule has 0 unspecified atom stereocenters. The Morgan fingerprint density at radius 1 is 1.21 bits per heavy atom. The Balaban J connectivity index is 1.81. The Labute approximate surface area is 160 Å². The fourth-order valence-corrected chi connectivity index (χ4v) is 2.49. The van der Waals surface area contributed by atoms with Crippen LogP contribution in [-0.4, -0.2) is 23.1 Å². The van der Waals surface area contributed by atoms with E-state index in [9.17, 15) is 14.9 Å². The number of nitrogens with one attached hydrogen (secondary N) is 1. The second-order valence-corrected chi connectivity index (χ2v) is 5.76. The summed E-state index contributed by atoms with van der Waals surface area (Å²) in [6.07, 6.45) is 0. The molecule has 3 aromatic rings. The van der Waals surface area contributed by atoms with E-state index in [1.54, 1.807) is 19.1 Å². The van der Waals surface area contributed by atoms with Gasteiger partial charge >= 0.3 is 0 Å². The van der Waals surface area contributed by atoms with Gasteiger partial charge in [0.2, 0.25) is 0 Å². The zero-order valence-electron chi connectivity index (χ0n) is 15.2. The van der Waals surface area contributed by atoms with Crippen molar-refractivity contribution in [3.05, 3.63) is 75.7 Å². The third kappa shape index (κ3) is 4.09. The number of rotatable bonds is 7. The van der Waals surface area contributed by atoms with Crippen molar-refractivity contribution in [3.63, 3.8) is 0 Å². The van der Waals surface area contributed by atoms with Gasteiger partial charge in [0.15, 0.2) is 5.69 Å². The molecule has 0 radical (unpaired) electrons. The van der Waals surface area contributed by atoms with Gasteiger partial charge < -0.3 is 19.3 Å². The van der Waals surface area contributed by atoms with Crippen molar-refractivity contribution in [1.82, 2.24) is 5.16 Å². The SMILES string of the molecule is COc1ccc(NC(=O)c2noc(C)c2COc2ccccc2)c([N+](=O)[O-])c1. The first-order valence-corrected chi connectivity index (χ1v) is 8.26. The number of nitrogens with zero attached hydrogens (tertiary/aromatic N) is 2. The molecule has 0 aliphatic heterocycles. The number of amides is 1. The molecule has 0 aliphatic carbocycles. The van der Waals surface area contributed by atoms with Crippen molar-refractivity contribution in [2.75, 3.05) is 12.4 Å². The lowest BCUT2D eigenvalue weighted by atomic mass is 10.2. The van der Waals surface area contributed by atoms with Crippen molar-refractivity contribution in [1.29, 1.82) is 0 Å². The van der Waals surface area contributed by atoms with Crippen LogP contribution in [0.15, 0.2) is 53.1 Å². The molecule has 0 bridgehead atoms. The highest BCUT2D eigenvalue weighted by atomic mass is 16.6. The number of para-hydroxylation sites is 1. The van der Waals surface area contributed by atoms with E-state index in [0.717, 1.165) is 0 Å². The third-order valence-corrected chi connectivity index (χ3v) is 3.98. The number of aryl methyl sites for hydroxylation is 1. The van der Waals surface area contributed by atoms with Crippen molar-refractivity contribution >= 4 is 17.3 Å². The van der Waals surface area contributed by atoms with Gasteiger partial charge in [0.1, 0.15) is 29.6 Å². The quantitative estimate of drug-likeness (QED) is 0.488. The third-order valence-electron chi connectivity index (χ3n) is 3.98. The number of nitro benzene ring substituents is 1. The van der Waals surface area contributed by atoms with Crippen molar-refractivity contribution in [2.24, 2.45) is 0 Å². The number of nitro groups is 1. The largest absolute Gasteiger partial charge is 0.496 e. The fourth-order valence-electron chi connectivity index (χ4n) is 2.49. The van der Waals surface area contributed by atoms with Crippen LogP contribution in [0.2, 0.25) is 0 Å². The normalized spacial score (nSPS) is 10.4. The average Bonchev–Trinajstić information content (AvgIpc) is 3.07. The van der Waals surface area contributed by atoms with Crippen molar-refractivity contribution in [3.8, 4) is 11.5 Å². The van der Waals surface area contributed by atoms with Crippen LogP contribution in [0.1, 0.15) is 21.8 Å². The number of hydrogen-bond acceptors (Lipinski definition) is 7. The minimum absolute atomic E-state index is 0.00135. The zero-order valence-corrected chi connectivity index (χ0v) is 15.2. The van der Waals surface area contributed by atoms with Gasteiger partial charge in [-0.1, -0.05) is 23.4 Å². The number of carbonyl (C=O) groups is 1. The number of carbonyl (C=O) groups excluding carboxylic acids is 1. The predicted octanol–water partition coefficient (Wildman–Crippen LogP) is 3.73. The molecular formula is C19H17N3O6. The summed E-state index contributed by atoms with van der Waals surface area (Å²) in [4.78, 5) is 23.3. The lowest BCUT2D eigenvalue weighted by Crippen LogP contribution is -2.16. The van der Waals surface area contributed by atoms with Crippen molar-refractivity contribution in [2.45, 2.75) is 13.5 Å². The highest BCUT2D eigenvalue weighted by Crippen LogP contribution is 2.29. The first kappa shape index (κ1) is 18.9. The molecule has 0 fully saturated rings. The summed E-state index contributed by atoms with van der Waals surface area (Å²) in [7, 11) is 1.40. The van der Waals surface area contributed by atoms with Gasteiger partial charge in [-0.2, -0.15) is 0 Å². The summed E-state index contributed by atoms with van der Waals surface area (Å²) in [5, 5.41) is 17.6. The number of benzene rings is 2. The molecule has 0 aliphatic rings. The fraction of sp³-hybridized carbons (Fsp3) is 0.158. The molecule has 0 spiro atoms. The van der Waals surface area contributed by atoms with E-state index in [-0.39, 0.29) is 23.7 Å². The van der Waals surface area contributed by atoms with E-state index < -0.39 is 10.8 Å². The Morgan fingerprint density at radius 3 is 2.64 bits per heavy atom. The number of methoxy groups -OCH3 is 1. The van der Waals surface area contributed by atoms with E-state index in [2.05, 4.69) is 10.5 Å². The molecule has 1 heterocycles. The number of hydrogen-bond donors (Lipinski definition) is 1. The lowest BCUT2D eigenvalue weighted by Gasteiger charge is -2.08. The maximum Gasteiger partial charge on any atom is 0.296 e. The standard InChI is InChI=1S/C19H17N3O6/c1-12-15(11-27-13-6-4-3-5-7-13)18(21-28-12)19(23)20-16-9-8-14(26-2)10-17(16)22(24)25/h3-10H,11H2,1-2H3,(H,20,23). The van der Waals surface area contributed by atoms with E-state index in [1.165, 1.54) is 25.3 Å². The first-order valence-electron chi connectivity index (χ1n) is 8.26. The Bertz CT molecular complexity index is 1000. The van der Waals surface area contributed by atoms with Crippen LogP contribution in [0.3, 0.4) is 0 Å². The van der Waals surface area contributed by atoms with Gasteiger partial charge in [-0.05, 0) is 31.2 Å². The molecule has 0 saturated carbocycles. The monoisotopic (exact) mass is 383 g/mol. The van der Waals surface area contributed by atoms with E-state index in [0.29, 0.717) is 22.8 Å². The zero-order chi connectivity index (χ0) is 20.1. The highest BCUT2D eigenvalue weighted by molar-refractivity contribution is 6.05. The smallest absolute Gasteiger partial charge is 0.296 e. The number of ether oxygens (including phenoxy) is 2.